The maximum absolute atomic E-state index is 11.8. The van der Waals surface area contributed by atoms with Crippen LogP contribution >= 0.6 is 11.3 Å². The average Bonchev–Trinajstić information content (AvgIpc) is 3.03. The van der Waals surface area contributed by atoms with Crippen molar-refractivity contribution in [2.45, 2.75) is 39.7 Å². The molecule has 0 radical (unpaired) electrons. The van der Waals surface area contributed by atoms with Crippen molar-refractivity contribution in [2.75, 3.05) is 7.05 Å². The molecule has 0 aromatic carbocycles. The zero-order valence-electron chi connectivity index (χ0n) is 14.1. The first kappa shape index (κ1) is 26.4. The highest BCUT2D eigenvalue weighted by Gasteiger charge is 2.17. The standard InChI is InChI=1S/C7H14N2O.C6H6F2S.CH5N.CH2O/c1-4-5(2)6(8)7(10)9-3;1-4-2-3-5(9-4)6(7)8;2*1-2/h5-6H,3-4,8H2,1-2H3;2-3,6H,1H3;2H2,1H3;1H2/t5-,6?;;;/m0.../s1. The molecular weight excluding hydrogens is 324 g/mol. The zero-order chi connectivity index (χ0) is 19.0. The van der Waals surface area contributed by atoms with Crippen molar-refractivity contribution in [3.05, 3.63) is 21.9 Å². The van der Waals surface area contributed by atoms with Crippen molar-refractivity contribution in [2.24, 2.45) is 22.4 Å². The maximum Gasteiger partial charge on any atom is 0.272 e. The smallest absolute Gasteiger partial charge is 0.272 e. The van der Waals surface area contributed by atoms with Gasteiger partial charge in [0.2, 0.25) is 0 Å². The summed E-state index contributed by atoms with van der Waals surface area (Å²) < 4.78 is 23.6. The lowest BCUT2D eigenvalue weighted by Gasteiger charge is -2.13. The molecule has 1 unspecified atom stereocenters. The van der Waals surface area contributed by atoms with E-state index in [4.69, 9.17) is 10.5 Å². The SMILES string of the molecule is C=NC(=O)C(N)[C@@H](C)CC.C=O.CN.Cc1ccc(C(F)F)s1. The van der Waals surface area contributed by atoms with Gasteiger partial charge >= 0.3 is 0 Å². The van der Waals surface area contributed by atoms with Crippen molar-refractivity contribution < 1.29 is 18.4 Å². The summed E-state index contributed by atoms with van der Waals surface area (Å²) in [5.41, 5.74) is 10.00. The molecule has 1 rings (SSSR count). The first-order valence-electron chi connectivity index (χ1n) is 6.80. The van der Waals surface area contributed by atoms with Gasteiger partial charge in [0.1, 0.15) is 6.79 Å². The summed E-state index contributed by atoms with van der Waals surface area (Å²) in [6.45, 7) is 10.8. The molecule has 8 heteroatoms. The van der Waals surface area contributed by atoms with Crippen LogP contribution in [0.25, 0.3) is 0 Å². The highest BCUT2D eigenvalue weighted by molar-refractivity contribution is 7.11. The summed E-state index contributed by atoms with van der Waals surface area (Å²) in [4.78, 5) is 23.1. The maximum atomic E-state index is 11.8. The number of alkyl halides is 2. The lowest BCUT2D eigenvalue weighted by Crippen LogP contribution is -2.35. The Balaban J connectivity index is -0.000000286. The molecule has 134 valence electrons. The van der Waals surface area contributed by atoms with Crippen molar-refractivity contribution in [3.63, 3.8) is 0 Å². The van der Waals surface area contributed by atoms with Crippen LogP contribution in [0.15, 0.2) is 17.1 Å². The molecule has 1 heterocycles. The molecule has 0 aliphatic rings. The van der Waals surface area contributed by atoms with E-state index in [1.54, 1.807) is 6.07 Å². The van der Waals surface area contributed by atoms with E-state index in [-0.39, 0.29) is 16.7 Å². The predicted molar refractivity (Wildman–Crippen MR) is 93.2 cm³/mol. The molecular formula is C15H27F2N3O2S. The molecule has 5 nitrogen and oxygen atoms in total. The number of amides is 1. The number of aliphatic imine (C=N–C) groups is 1. The molecule has 0 spiro atoms. The molecule has 1 aromatic heterocycles. The van der Waals surface area contributed by atoms with Crippen molar-refractivity contribution in [3.8, 4) is 0 Å². The van der Waals surface area contributed by atoms with Gasteiger partial charge in [-0.2, -0.15) is 0 Å². The van der Waals surface area contributed by atoms with Crippen LogP contribution in [0.3, 0.4) is 0 Å². The third-order valence-corrected chi connectivity index (χ3v) is 3.68. The molecule has 0 aliphatic carbocycles. The fourth-order valence-electron chi connectivity index (χ4n) is 1.17. The second kappa shape index (κ2) is 16.9. The van der Waals surface area contributed by atoms with Crippen molar-refractivity contribution in [1.82, 2.24) is 0 Å². The summed E-state index contributed by atoms with van der Waals surface area (Å²) >= 11 is 1.15. The van der Waals surface area contributed by atoms with E-state index in [0.29, 0.717) is 0 Å². The quantitative estimate of drug-likeness (QED) is 0.815. The van der Waals surface area contributed by atoms with Crippen molar-refractivity contribution in [1.29, 1.82) is 0 Å². The van der Waals surface area contributed by atoms with Crippen LogP contribution < -0.4 is 11.5 Å². The Kier molecular flexibility index (Phi) is 19.3. The topological polar surface area (TPSA) is 98.5 Å². The van der Waals surface area contributed by atoms with Crippen LogP contribution in [-0.2, 0) is 9.59 Å². The number of thiophene rings is 1. The monoisotopic (exact) mass is 351 g/mol. The van der Waals surface area contributed by atoms with Crippen LogP contribution in [0.4, 0.5) is 8.78 Å². The highest BCUT2D eigenvalue weighted by atomic mass is 32.1. The van der Waals surface area contributed by atoms with Crippen LogP contribution in [0.1, 0.15) is 36.4 Å². The molecule has 0 saturated heterocycles. The summed E-state index contributed by atoms with van der Waals surface area (Å²) in [5, 5.41) is 0. The Morgan fingerprint density at radius 2 is 1.83 bits per heavy atom. The van der Waals surface area contributed by atoms with Crippen LogP contribution in [0.5, 0.6) is 0 Å². The third kappa shape index (κ3) is 12.7. The zero-order valence-corrected chi connectivity index (χ0v) is 14.9. The predicted octanol–water partition coefficient (Wildman–Crippen LogP) is 2.97. The number of halogens is 2. The number of hydrogen-bond donors (Lipinski definition) is 2. The van der Waals surface area contributed by atoms with E-state index in [9.17, 15) is 13.6 Å². The first-order valence-corrected chi connectivity index (χ1v) is 7.62. The summed E-state index contributed by atoms with van der Waals surface area (Å²) in [7, 11) is 1.50. The number of nitrogens with zero attached hydrogens (tertiary/aromatic N) is 1. The molecule has 1 aromatic rings. The summed E-state index contributed by atoms with van der Waals surface area (Å²) in [6, 6.07) is 2.69. The van der Waals surface area contributed by atoms with Gasteiger partial charge in [-0.05, 0) is 38.7 Å². The Hall–Kier alpha value is -1.51. The molecule has 23 heavy (non-hydrogen) atoms. The van der Waals surface area contributed by atoms with Gasteiger partial charge in [-0.15, -0.1) is 11.3 Å². The molecule has 0 bridgehead atoms. The van der Waals surface area contributed by atoms with Gasteiger partial charge in [0.05, 0.1) is 10.9 Å². The number of nitrogens with two attached hydrogens (primary N) is 2. The van der Waals surface area contributed by atoms with Gasteiger partial charge in [-0.25, -0.2) is 13.8 Å². The van der Waals surface area contributed by atoms with E-state index in [1.807, 2.05) is 27.6 Å². The molecule has 0 fully saturated rings. The highest BCUT2D eigenvalue weighted by Crippen LogP contribution is 2.25. The third-order valence-electron chi connectivity index (χ3n) is 2.67. The van der Waals surface area contributed by atoms with Gasteiger partial charge in [-0.1, -0.05) is 20.3 Å². The molecule has 4 N–H and O–H groups in total. The largest absolute Gasteiger partial charge is 0.333 e. The molecule has 0 saturated carbocycles. The van der Waals surface area contributed by atoms with E-state index in [0.717, 1.165) is 22.6 Å². The Morgan fingerprint density at radius 3 is 2.04 bits per heavy atom. The minimum atomic E-state index is -2.30. The van der Waals surface area contributed by atoms with Crippen LogP contribution in [0, 0.1) is 12.8 Å². The number of carbonyl (C=O) groups is 2. The fraction of sp³-hybridized carbons (Fsp3) is 0.533. The lowest BCUT2D eigenvalue weighted by molar-refractivity contribution is -0.119. The van der Waals surface area contributed by atoms with E-state index >= 15 is 0 Å². The lowest BCUT2D eigenvalue weighted by atomic mass is 10.00. The second-order valence-corrected chi connectivity index (χ2v) is 5.48. The van der Waals surface area contributed by atoms with Gasteiger partial charge in [0, 0.05) is 4.88 Å². The first-order chi connectivity index (χ1) is 10.8. The summed E-state index contributed by atoms with van der Waals surface area (Å²) in [5.74, 6) is -0.118. The van der Waals surface area contributed by atoms with Crippen LogP contribution in [0.2, 0.25) is 0 Å². The van der Waals surface area contributed by atoms with E-state index in [1.165, 1.54) is 13.1 Å². The van der Waals surface area contributed by atoms with Gasteiger partial charge in [0.25, 0.3) is 12.3 Å². The minimum Gasteiger partial charge on any atom is -0.333 e. The van der Waals surface area contributed by atoms with E-state index < -0.39 is 12.5 Å². The van der Waals surface area contributed by atoms with Gasteiger partial charge in [0.15, 0.2) is 0 Å². The molecule has 1 amide bonds. The number of aryl methyl sites for hydroxylation is 1. The Labute approximate surface area is 140 Å². The number of carbonyl (C=O) groups excluding carboxylic acids is 2. The second-order valence-electron chi connectivity index (χ2n) is 4.16. The Bertz CT molecular complexity index is 429. The van der Waals surface area contributed by atoms with Crippen LogP contribution in [-0.4, -0.2) is 32.5 Å². The van der Waals surface area contributed by atoms with E-state index in [2.05, 4.69) is 17.4 Å². The molecule has 0 aliphatic heterocycles. The van der Waals surface area contributed by atoms with Gasteiger partial charge in [-0.3, -0.25) is 4.79 Å². The van der Waals surface area contributed by atoms with Gasteiger partial charge < -0.3 is 16.3 Å². The molecule has 2 atom stereocenters. The fourth-order valence-corrected chi connectivity index (χ4v) is 1.91. The van der Waals surface area contributed by atoms with Crippen molar-refractivity contribution >= 4 is 30.8 Å². The minimum absolute atomic E-state index is 0.160. The normalized spacial score (nSPS) is 11.5. The number of rotatable bonds is 4. The number of hydrogen-bond acceptors (Lipinski definition) is 5. The summed E-state index contributed by atoms with van der Waals surface area (Å²) in [6.07, 6.45) is -1.41. The average molecular weight is 351 g/mol. The Morgan fingerprint density at radius 1 is 1.35 bits per heavy atom.